The molecule has 8 heteroatoms. The Balaban J connectivity index is 2.13. The number of aromatic nitrogens is 2. The molecule has 0 saturated heterocycles. The molecule has 1 aromatic heterocycles. The highest BCUT2D eigenvalue weighted by atomic mass is 19.1. The van der Waals surface area contributed by atoms with Gasteiger partial charge in [-0.1, -0.05) is 24.3 Å². The molecule has 1 unspecified atom stereocenters. The fourth-order valence-electron chi connectivity index (χ4n) is 3.11. The maximum atomic E-state index is 14.5. The fraction of sp³-hybridized carbons (Fsp3) is 0.238. The second-order valence-corrected chi connectivity index (χ2v) is 6.83. The molecular formula is C21H20FN3O4. The predicted octanol–water partition coefficient (Wildman–Crippen LogP) is 3.49. The van der Waals surface area contributed by atoms with E-state index < -0.39 is 17.7 Å². The molecule has 0 bridgehead atoms. The number of aryl methyl sites for hydroxylation is 1. The maximum absolute atomic E-state index is 14.5. The van der Waals surface area contributed by atoms with Gasteiger partial charge in [0.1, 0.15) is 5.82 Å². The van der Waals surface area contributed by atoms with Crippen LogP contribution in [0.5, 0.6) is 0 Å². The molecular weight excluding hydrogens is 377 g/mol. The number of carbonyl (C=O) groups excluding carboxylic acids is 1. The van der Waals surface area contributed by atoms with E-state index in [0.717, 1.165) is 0 Å². The zero-order chi connectivity index (χ0) is 21.1. The zero-order valence-electron chi connectivity index (χ0n) is 16.2. The number of nitrogens with zero attached hydrogens (tertiary/aromatic N) is 3. The topological polar surface area (TPSA) is 96.5 Å². The van der Waals surface area contributed by atoms with E-state index >= 15 is 0 Å². The van der Waals surface area contributed by atoms with Crippen molar-refractivity contribution >= 4 is 11.9 Å². The van der Waals surface area contributed by atoms with Gasteiger partial charge in [-0.25, -0.2) is 4.39 Å². The molecule has 0 fully saturated rings. The van der Waals surface area contributed by atoms with Crippen molar-refractivity contribution in [2.24, 2.45) is 0 Å². The Bertz CT molecular complexity index is 1060. The highest BCUT2D eigenvalue weighted by Crippen LogP contribution is 2.33. The van der Waals surface area contributed by atoms with Crippen LogP contribution in [-0.4, -0.2) is 46.2 Å². The Kier molecular flexibility index (Phi) is 5.72. The third-order valence-corrected chi connectivity index (χ3v) is 4.42. The molecule has 0 radical (unpaired) electrons. The van der Waals surface area contributed by atoms with Gasteiger partial charge < -0.3 is 14.4 Å². The van der Waals surface area contributed by atoms with E-state index in [9.17, 15) is 19.1 Å². The van der Waals surface area contributed by atoms with Crippen LogP contribution in [0.4, 0.5) is 4.39 Å². The number of carbonyl (C=O) groups is 2. The first kappa shape index (κ1) is 20.2. The van der Waals surface area contributed by atoms with Gasteiger partial charge in [0.25, 0.3) is 5.91 Å². The van der Waals surface area contributed by atoms with E-state index in [0.29, 0.717) is 22.3 Å². The number of amides is 1. The van der Waals surface area contributed by atoms with Crippen molar-refractivity contribution in [3.63, 3.8) is 0 Å². The number of rotatable bonds is 6. The van der Waals surface area contributed by atoms with Crippen LogP contribution in [0.15, 0.2) is 46.9 Å². The Morgan fingerprint density at radius 2 is 1.90 bits per heavy atom. The molecule has 3 rings (SSSR count). The summed E-state index contributed by atoms with van der Waals surface area (Å²) in [6.07, 6.45) is -0.344. The highest BCUT2D eigenvalue weighted by molar-refractivity contribution is 6.00. The summed E-state index contributed by atoms with van der Waals surface area (Å²) in [5, 5.41) is 17.0. The summed E-state index contributed by atoms with van der Waals surface area (Å²) in [5.41, 5.74) is 1.79. The van der Waals surface area contributed by atoms with Gasteiger partial charge in [-0.2, -0.15) is 0 Å². The smallest absolute Gasteiger partial charge is 0.304 e. The van der Waals surface area contributed by atoms with E-state index in [4.69, 9.17) is 4.42 Å². The summed E-state index contributed by atoms with van der Waals surface area (Å²) in [5.74, 6) is -2.30. The molecule has 7 nitrogen and oxygen atoms in total. The number of hydrogen-bond donors (Lipinski definition) is 1. The van der Waals surface area contributed by atoms with Crippen LogP contribution < -0.4 is 0 Å². The quantitative estimate of drug-likeness (QED) is 0.684. The third-order valence-electron chi connectivity index (χ3n) is 4.42. The summed E-state index contributed by atoms with van der Waals surface area (Å²) in [7, 11) is 3.27. The third kappa shape index (κ3) is 4.48. The zero-order valence-corrected chi connectivity index (χ0v) is 16.2. The van der Waals surface area contributed by atoms with Crippen LogP contribution in [0.25, 0.3) is 11.1 Å². The molecule has 3 aromatic rings. The van der Waals surface area contributed by atoms with E-state index in [2.05, 4.69) is 10.2 Å². The van der Waals surface area contributed by atoms with E-state index in [-0.39, 0.29) is 24.1 Å². The number of benzene rings is 2. The standard InChI is InChI=1S/C21H20FN3O4/c1-12-23-24-20(29-12)18(11-19(26)27)14-8-13(9-15(22)10-14)16-6-4-5-7-17(16)21(28)25(2)3/h4-10,18H,11H2,1-3H3,(H,26,27). The Morgan fingerprint density at radius 1 is 1.17 bits per heavy atom. The monoisotopic (exact) mass is 397 g/mol. The van der Waals surface area contributed by atoms with Gasteiger partial charge in [-0.15, -0.1) is 10.2 Å². The van der Waals surface area contributed by atoms with Crippen molar-refractivity contribution in [1.29, 1.82) is 0 Å². The van der Waals surface area contributed by atoms with Crippen LogP contribution in [0.3, 0.4) is 0 Å². The summed E-state index contributed by atoms with van der Waals surface area (Å²) >= 11 is 0. The fourth-order valence-corrected chi connectivity index (χ4v) is 3.11. The number of aliphatic carboxylic acids is 1. The van der Waals surface area contributed by atoms with Crippen molar-refractivity contribution < 1.29 is 23.5 Å². The van der Waals surface area contributed by atoms with Crippen LogP contribution in [0, 0.1) is 12.7 Å². The summed E-state index contributed by atoms with van der Waals surface area (Å²) in [6, 6.07) is 11.1. The largest absolute Gasteiger partial charge is 0.481 e. The SMILES string of the molecule is Cc1nnc(C(CC(=O)O)c2cc(F)cc(-c3ccccc3C(=O)N(C)C)c2)o1. The van der Waals surface area contributed by atoms with Crippen LogP contribution >= 0.6 is 0 Å². The minimum atomic E-state index is -1.08. The van der Waals surface area contributed by atoms with Gasteiger partial charge in [0, 0.05) is 26.6 Å². The molecule has 150 valence electrons. The molecule has 1 N–H and O–H groups in total. The number of carboxylic acids is 1. The van der Waals surface area contributed by atoms with Gasteiger partial charge in [0.2, 0.25) is 11.8 Å². The normalized spacial score (nSPS) is 11.9. The lowest BCUT2D eigenvalue weighted by Crippen LogP contribution is -2.22. The van der Waals surface area contributed by atoms with Gasteiger partial charge >= 0.3 is 5.97 Å². The molecule has 0 spiro atoms. The summed E-state index contributed by atoms with van der Waals surface area (Å²) < 4.78 is 19.9. The molecule has 2 aromatic carbocycles. The van der Waals surface area contributed by atoms with Gasteiger partial charge in [-0.3, -0.25) is 9.59 Å². The first-order valence-electron chi connectivity index (χ1n) is 8.89. The molecule has 29 heavy (non-hydrogen) atoms. The molecule has 1 amide bonds. The van der Waals surface area contributed by atoms with Crippen molar-refractivity contribution in [2.75, 3.05) is 14.1 Å². The lowest BCUT2D eigenvalue weighted by molar-refractivity contribution is -0.137. The Hall–Kier alpha value is -3.55. The van der Waals surface area contributed by atoms with Gasteiger partial charge in [0.15, 0.2) is 0 Å². The Labute approximate surface area is 166 Å². The average Bonchev–Trinajstić information content (AvgIpc) is 3.10. The first-order valence-corrected chi connectivity index (χ1v) is 8.89. The minimum absolute atomic E-state index is 0.0964. The Morgan fingerprint density at radius 3 is 2.52 bits per heavy atom. The van der Waals surface area contributed by atoms with Gasteiger partial charge in [0.05, 0.1) is 12.3 Å². The lowest BCUT2D eigenvalue weighted by Gasteiger charge is -2.16. The predicted molar refractivity (Wildman–Crippen MR) is 103 cm³/mol. The molecule has 0 aliphatic heterocycles. The van der Waals surface area contributed by atoms with Crippen molar-refractivity contribution in [3.05, 3.63) is 71.2 Å². The van der Waals surface area contributed by atoms with E-state index in [1.54, 1.807) is 51.4 Å². The van der Waals surface area contributed by atoms with Crippen LogP contribution in [0.1, 0.15) is 40.0 Å². The summed E-state index contributed by atoms with van der Waals surface area (Å²) in [6.45, 7) is 1.59. The number of halogens is 1. The molecule has 1 atom stereocenters. The maximum Gasteiger partial charge on any atom is 0.304 e. The van der Waals surface area contributed by atoms with Crippen LogP contribution in [0.2, 0.25) is 0 Å². The average molecular weight is 397 g/mol. The second kappa shape index (κ2) is 8.22. The molecule has 0 saturated carbocycles. The van der Waals surface area contributed by atoms with Crippen molar-refractivity contribution in [3.8, 4) is 11.1 Å². The minimum Gasteiger partial charge on any atom is -0.481 e. The van der Waals surface area contributed by atoms with Crippen molar-refractivity contribution in [2.45, 2.75) is 19.3 Å². The molecule has 0 aliphatic carbocycles. The summed E-state index contributed by atoms with van der Waals surface area (Å²) in [4.78, 5) is 25.4. The van der Waals surface area contributed by atoms with E-state index in [1.165, 1.54) is 17.0 Å². The van der Waals surface area contributed by atoms with Crippen molar-refractivity contribution in [1.82, 2.24) is 15.1 Å². The lowest BCUT2D eigenvalue weighted by atomic mass is 9.91. The highest BCUT2D eigenvalue weighted by Gasteiger charge is 2.25. The van der Waals surface area contributed by atoms with E-state index in [1.807, 2.05) is 0 Å². The second-order valence-electron chi connectivity index (χ2n) is 6.83. The van der Waals surface area contributed by atoms with Gasteiger partial charge in [-0.05, 0) is 34.9 Å². The number of hydrogen-bond acceptors (Lipinski definition) is 5. The van der Waals surface area contributed by atoms with Crippen LogP contribution in [-0.2, 0) is 4.79 Å². The molecule has 0 aliphatic rings. The number of carboxylic acid groups (broad SMARTS) is 1. The molecule has 1 heterocycles. The first-order chi connectivity index (χ1) is 13.8.